The molecule has 2 aliphatic rings. The van der Waals surface area contributed by atoms with Crippen LogP contribution < -0.4 is 20.9 Å². The summed E-state index contributed by atoms with van der Waals surface area (Å²) < 4.78 is 27.4. The number of fused-ring (bicyclic) bond motifs is 1. The topological polar surface area (TPSA) is 168 Å². The predicted octanol–water partition coefficient (Wildman–Crippen LogP) is 2.10. The van der Waals surface area contributed by atoms with E-state index in [0.29, 0.717) is 49.7 Å². The highest BCUT2D eigenvalue weighted by Gasteiger charge is 2.47. The lowest BCUT2D eigenvalue weighted by Gasteiger charge is -2.28. The van der Waals surface area contributed by atoms with Crippen molar-refractivity contribution in [1.29, 1.82) is 5.26 Å². The number of benzene rings is 1. The fraction of sp³-hybridized carbons (Fsp3) is 0.500. The minimum atomic E-state index is -3.15. The number of likely N-dealkylation sites (tertiary alicyclic amines) is 1. The molecule has 4 rings (SSSR count). The first-order valence-electron chi connectivity index (χ1n) is 13.7. The molecule has 2 heterocycles. The average molecular weight is 586 g/mol. The number of hydrogen-bond donors (Lipinski definition) is 4. The molecular weight excluding hydrogens is 552 g/mol. The van der Waals surface area contributed by atoms with Gasteiger partial charge in [0.25, 0.3) is 11.8 Å². The zero-order chi connectivity index (χ0) is 30.4. The molecule has 14 heteroatoms. The molecule has 42 heavy (non-hydrogen) atoms. The van der Waals surface area contributed by atoms with Gasteiger partial charge in [0, 0.05) is 55.8 Å². The van der Waals surface area contributed by atoms with Gasteiger partial charge in [0.1, 0.15) is 6.04 Å². The van der Waals surface area contributed by atoms with Gasteiger partial charge in [-0.1, -0.05) is 0 Å². The zero-order valence-corrected chi connectivity index (χ0v) is 23.1. The Morgan fingerprint density at radius 2 is 1.90 bits per heavy atom. The summed E-state index contributed by atoms with van der Waals surface area (Å²) in [5, 5.41) is 26.4. The van der Waals surface area contributed by atoms with Crippen LogP contribution in [0.25, 0.3) is 10.9 Å². The number of alkyl halides is 2. The highest BCUT2D eigenvalue weighted by molar-refractivity contribution is 6.07. The number of anilines is 1. The van der Waals surface area contributed by atoms with Gasteiger partial charge in [0.05, 0.1) is 30.2 Å². The van der Waals surface area contributed by atoms with Gasteiger partial charge in [-0.15, -0.1) is 0 Å². The lowest BCUT2D eigenvalue weighted by molar-refractivity contribution is -0.131. The summed E-state index contributed by atoms with van der Waals surface area (Å²) in [4.78, 5) is 55.9. The number of carboxylic acid groups (broad SMARTS) is 1. The van der Waals surface area contributed by atoms with Crippen molar-refractivity contribution in [3.8, 4) is 6.07 Å². The highest BCUT2D eigenvalue weighted by atomic mass is 19.3. The average Bonchev–Trinajstić information content (AvgIpc) is 3.29. The van der Waals surface area contributed by atoms with Crippen molar-refractivity contribution in [2.24, 2.45) is 5.92 Å². The molecule has 1 aromatic heterocycles. The van der Waals surface area contributed by atoms with Gasteiger partial charge in [-0.25, -0.2) is 13.6 Å². The fourth-order valence-corrected chi connectivity index (χ4v) is 5.41. The van der Waals surface area contributed by atoms with E-state index < -0.39 is 49.4 Å². The summed E-state index contributed by atoms with van der Waals surface area (Å²) in [6.45, 7) is -0.542. The van der Waals surface area contributed by atoms with Gasteiger partial charge in [-0.2, -0.15) is 5.26 Å². The molecule has 1 aliphatic carbocycles. The minimum Gasteiger partial charge on any atom is -0.465 e. The second kappa shape index (κ2) is 13.0. The van der Waals surface area contributed by atoms with Crippen LogP contribution in [0.15, 0.2) is 30.5 Å². The summed E-state index contributed by atoms with van der Waals surface area (Å²) in [7, 11) is 1.84. The summed E-state index contributed by atoms with van der Waals surface area (Å²) in [6, 6.07) is 7.18. The second-order valence-electron chi connectivity index (χ2n) is 10.7. The Hall–Kier alpha value is -4.54. The SMILES string of the molecule is CN(CCNC(=O)[C@H]1CC[C@H](NC(=O)O)CC1)c1ccc2nccc(C(=O)NCC(=O)N3CC(F)(F)C[C@H]3C#N)c2c1. The molecule has 4 N–H and O–H groups in total. The van der Waals surface area contributed by atoms with Crippen molar-refractivity contribution in [3.05, 3.63) is 36.0 Å². The van der Waals surface area contributed by atoms with E-state index in [-0.39, 0.29) is 23.4 Å². The zero-order valence-electron chi connectivity index (χ0n) is 23.1. The van der Waals surface area contributed by atoms with Crippen molar-refractivity contribution < 1.29 is 33.1 Å². The quantitative estimate of drug-likeness (QED) is 0.347. The fourth-order valence-electron chi connectivity index (χ4n) is 5.41. The number of nitriles is 1. The molecule has 0 spiro atoms. The van der Waals surface area contributed by atoms with E-state index in [4.69, 9.17) is 10.4 Å². The number of halogens is 2. The number of nitrogens with zero attached hydrogens (tertiary/aromatic N) is 4. The van der Waals surface area contributed by atoms with Crippen molar-refractivity contribution in [1.82, 2.24) is 25.8 Å². The number of amides is 4. The molecule has 1 aliphatic heterocycles. The van der Waals surface area contributed by atoms with E-state index in [9.17, 15) is 28.0 Å². The molecular formula is C28H33F2N7O5. The smallest absolute Gasteiger partial charge is 0.404 e. The van der Waals surface area contributed by atoms with E-state index in [1.807, 2.05) is 18.0 Å². The molecule has 1 atom stereocenters. The van der Waals surface area contributed by atoms with Crippen LogP contribution in [0.4, 0.5) is 19.3 Å². The first-order valence-corrected chi connectivity index (χ1v) is 13.7. The van der Waals surface area contributed by atoms with Crippen molar-refractivity contribution in [2.75, 3.05) is 38.1 Å². The Morgan fingerprint density at radius 3 is 2.60 bits per heavy atom. The molecule has 1 aromatic carbocycles. The first kappa shape index (κ1) is 30.4. The van der Waals surface area contributed by atoms with E-state index in [0.717, 1.165) is 10.6 Å². The number of pyridine rings is 1. The van der Waals surface area contributed by atoms with Crippen LogP contribution in [0, 0.1) is 17.2 Å². The van der Waals surface area contributed by atoms with Crippen molar-refractivity contribution in [2.45, 2.75) is 50.1 Å². The maximum absolute atomic E-state index is 13.7. The summed E-state index contributed by atoms with van der Waals surface area (Å²) in [6.07, 6.45) is 2.14. The molecule has 2 fully saturated rings. The van der Waals surface area contributed by atoms with Gasteiger partial charge in [0.15, 0.2) is 0 Å². The Bertz CT molecular complexity index is 1390. The standard InChI is InChI=1S/C28H33F2N7O5/c1-36(11-10-33-25(39)17-2-4-18(5-3-17)35-27(41)42)19-6-7-23-22(12-19)21(8-9-32-23)26(40)34-15-24(38)37-16-28(29,30)13-20(37)14-31/h6-9,12,17-18,20,35H,2-5,10-11,13,15-16H2,1H3,(H,33,39)(H,34,40)(H,41,42)/t17-,18-,20-/m0/s1. The summed E-state index contributed by atoms with van der Waals surface area (Å²) in [5.74, 6) is -4.72. The van der Waals surface area contributed by atoms with Crippen LogP contribution in [0.5, 0.6) is 0 Å². The van der Waals surface area contributed by atoms with Crippen LogP contribution in [0.1, 0.15) is 42.5 Å². The van der Waals surface area contributed by atoms with E-state index in [1.165, 1.54) is 12.3 Å². The molecule has 0 unspecified atom stereocenters. The van der Waals surface area contributed by atoms with Crippen LogP contribution >= 0.6 is 0 Å². The number of aromatic nitrogens is 1. The molecule has 0 radical (unpaired) electrons. The normalized spacial score (nSPS) is 21.3. The van der Waals surface area contributed by atoms with Crippen LogP contribution in [0.2, 0.25) is 0 Å². The number of carbonyl (C=O) groups excluding carboxylic acids is 3. The van der Waals surface area contributed by atoms with Crippen molar-refractivity contribution in [3.63, 3.8) is 0 Å². The molecule has 12 nitrogen and oxygen atoms in total. The number of likely N-dealkylation sites (N-methyl/N-ethyl adjacent to an activating group) is 1. The lowest BCUT2D eigenvalue weighted by atomic mass is 9.85. The van der Waals surface area contributed by atoms with Gasteiger partial charge in [-0.05, 0) is 49.9 Å². The highest BCUT2D eigenvalue weighted by Crippen LogP contribution is 2.31. The predicted molar refractivity (Wildman–Crippen MR) is 148 cm³/mol. The second-order valence-corrected chi connectivity index (χ2v) is 10.7. The van der Waals surface area contributed by atoms with Crippen LogP contribution in [-0.4, -0.2) is 90.0 Å². The summed E-state index contributed by atoms with van der Waals surface area (Å²) >= 11 is 0. The molecule has 1 saturated carbocycles. The number of nitrogens with one attached hydrogen (secondary N) is 3. The van der Waals surface area contributed by atoms with Gasteiger partial charge >= 0.3 is 6.09 Å². The first-order chi connectivity index (χ1) is 20.0. The number of hydrogen-bond acceptors (Lipinski definition) is 7. The molecule has 1 saturated heterocycles. The van der Waals surface area contributed by atoms with Crippen LogP contribution in [0.3, 0.4) is 0 Å². The monoisotopic (exact) mass is 585 g/mol. The Kier molecular flexibility index (Phi) is 9.39. The van der Waals surface area contributed by atoms with Gasteiger partial charge in [0.2, 0.25) is 11.8 Å². The third-order valence-electron chi connectivity index (χ3n) is 7.72. The number of rotatable bonds is 9. The van der Waals surface area contributed by atoms with E-state index >= 15 is 0 Å². The lowest BCUT2D eigenvalue weighted by Crippen LogP contribution is -2.43. The maximum Gasteiger partial charge on any atom is 0.404 e. The number of carbonyl (C=O) groups is 4. The summed E-state index contributed by atoms with van der Waals surface area (Å²) in [5.41, 5.74) is 1.54. The molecule has 0 bridgehead atoms. The third kappa shape index (κ3) is 7.39. The van der Waals surface area contributed by atoms with Gasteiger partial charge < -0.3 is 30.9 Å². The Morgan fingerprint density at radius 1 is 1.17 bits per heavy atom. The molecule has 2 aromatic rings. The van der Waals surface area contributed by atoms with Gasteiger partial charge in [-0.3, -0.25) is 19.4 Å². The molecule has 224 valence electrons. The van der Waals surface area contributed by atoms with Crippen LogP contribution in [-0.2, 0) is 9.59 Å². The van der Waals surface area contributed by atoms with E-state index in [2.05, 4.69) is 20.9 Å². The minimum absolute atomic E-state index is 0.0628. The van der Waals surface area contributed by atoms with E-state index in [1.54, 1.807) is 18.2 Å². The maximum atomic E-state index is 13.7. The Labute approximate surface area is 241 Å². The Balaban J connectivity index is 1.32. The third-order valence-corrected chi connectivity index (χ3v) is 7.72. The molecule has 4 amide bonds. The van der Waals surface area contributed by atoms with Crippen molar-refractivity contribution >= 4 is 40.4 Å². The largest absolute Gasteiger partial charge is 0.465 e.